The van der Waals surface area contributed by atoms with E-state index in [1.165, 1.54) is 12.1 Å². The van der Waals surface area contributed by atoms with Crippen LogP contribution in [0.25, 0.3) is 10.9 Å². The SMILES string of the molecule is N/C=C\C=C(/Cc1ccc2c(Nc3ccc(C(F)(F)F)cc3)nc(CCN3CCOCC3)nc2c1)C(F)(F)F. The molecule has 1 saturated heterocycles. The van der Waals surface area contributed by atoms with Crippen LogP contribution < -0.4 is 11.1 Å². The van der Waals surface area contributed by atoms with Gasteiger partial charge in [-0.25, -0.2) is 9.97 Å². The summed E-state index contributed by atoms with van der Waals surface area (Å²) in [7, 11) is 0. The van der Waals surface area contributed by atoms with Crippen LogP contribution in [-0.2, 0) is 23.8 Å². The van der Waals surface area contributed by atoms with Gasteiger partial charge in [0.1, 0.15) is 11.6 Å². The number of aromatic nitrogens is 2. The van der Waals surface area contributed by atoms with E-state index in [9.17, 15) is 26.3 Å². The van der Waals surface area contributed by atoms with E-state index in [4.69, 9.17) is 10.5 Å². The lowest BCUT2D eigenvalue weighted by Gasteiger charge is -2.26. The van der Waals surface area contributed by atoms with Crippen LogP contribution >= 0.6 is 0 Å². The van der Waals surface area contributed by atoms with Crippen LogP contribution in [0.2, 0.25) is 0 Å². The van der Waals surface area contributed by atoms with Crippen LogP contribution in [-0.4, -0.2) is 53.9 Å². The highest BCUT2D eigenvalue weighted by atomic mass is 19.4. The lowest BCUT2D eigenvalue weighted by Crippen LogP contribution is -2.37. The number of morpholine rings is 1. The fraction of sp³-hybridized carbons (Fsp3) is 0.333. The Balaban J connectivity index is 1.67. The van der Waals surface area contributed by atoms with Crippen molar-refractivity contribution in [2.75, 3.05) is 38.2 Å². The number of nitrogens with one attached hydrogen (secondary N) is 1. The van der Waals surface area contributed by atoms with Gasteiger partial charge in [0.2, 0.25) is 0 Å². The van der Waals surface area contributed by atoms with Gasteiger partial charge in [0, 0.05) is 49.1 Å². The molecular weight excluding hydrogens is 524 g/mol. The summed E-state index contributed by atoms with van der Waals surface area (Å²) in [6, 6.07) is 9.24. The van der Waals surface area contributed by atoms with Crippen molar-refractivity contribution in [3.63, 3.8) is 0 Å². The van der Waals surface area contributed by atoms with Crippen molar-refractivity contribution >= 4 is 22.4 Å². The summed E-state index contributed by atoms with van der Waals surface area (Å²) >= 11 is 0. The van der Waals surface area contributed by atoms with Gasteiger partial charge in [-0.05, 0) is 54.2 Å². The molecule has 6 nitrogen and oxygen atoms in total. The molecule has 208 valence electrons. The standard InChI is InChI=1S/C27H27F6N5O/c28-26(29,30)19-4-6-21(7-5-19)35-25-22-8-3-18(16-20(2-1-10-34)27(31,32)33)17-23(22)36-24(37-25)9-11-38-12-14-39-15-13-38/h1-8,10,17H,9,11-16,34H2,(H,35,36,37)/b10-1-,20-2+. The van der Waals surface area contributed by atoms with Crippen LogP contribution in [0.5, 0.6) is 0 Å². The number of benzene rings is 2. The first kappa shape index (κ1) is 28.4. The van der Waals surface area contributed by atoms with E-state index in [1.54, 1.807) is 18.2 Å². The van der Waals surface area contributed by atoms with Gasteiger partial charge in [-0.15, -0.1) is 0 Å². The van der Waals surface area contributed by atoms with Crippen molar-refractivity contribution in [2.45, 2.75) is 25.2 Å². The third kappa shape index (κ3) is 7.70. The van der Waals surface area contributed by atoms with E-state index in [0.717, 1.165) is 43.6 Å². The molecule has 0 spiro atoms. The van der Waals surface area contributed by atoms with Gasteiger partial charge in [0.25, 0.3) is 0 Å². The molecule has 39 heavy (non-hydrogen) atoms. The highest BCUT2D eigenvalue weighted by Gasteiger charge is 2.33. The van der Waals surface area contributed by atoms with Crippen LogP contribution in [0, 0.1) is 0 Å². The number of anilines is 2. The van der Waals surface area contributed by atoms with Gasteiger partial charge in [0.15, 0.2) is 0 Å². The first-order valence-corrected chi connectivity index (χ1v) is 12.2. The van der Waals surface area contributed by atoms with Crippen molar-refractivity contribution in [1.82, 2.24) is 14.9 Å². The predicted octanol–water partition coefficient (Wildman–Crippen LogP) is 5.77. The number of nitrogens with zero attached hydrogens (tertiary/aromatic N) is 3. The fourth-order valence-electron chi connectivity index (χ4n) is 4.15. The average molecular weight is 552 g/mol. The Morgan fingerprint density at radius 1 is 1.00 bits per heavy atom. The number of nitrogens with two attached hydrogens (primary N) is 1. The number of hydrogen-bond acceptors (Lipinski definition) is 6. The zero-order valence-electron chi connectivity index (χ0n) is 20.8. The largest absolute Gasteiger partial charge is 0.416 e. The molecule has 0 saturated carbocycles. The molecule has 0 radical (unpaired) electrons. The molecule has 1 aliphatic heterocycles. The molecule has 3 N–H and O–H groups in total. The van der Waals surface area contributed by atoms with E-state index in [-0.39, 0.29) is 0 Å². The number of hydrogen-bond donors (Lipinski definition) is 2. The fourth-order valence-corrected chi connectivity index (χ4v) is 4.15. The minimum atomic E-state index is -4.54. The third-order valence-corrected chi connectivity index (χ3v) is 6.21. The highest BCUT2D eigenvalue weighted by Crippen LogP contribution is 2.33. The molecule has 1 aliphatic rings. The molecular formula is C27H27F6N5O. The van der Waals surface area contributed by atoms with E-state index in [2.05, 4.69) is 20.2 Å². The molecule has 4 rings (SSSR count). The predicted molar refractivity (Wildman–Crippen MR) is 136 cm³/mol. The Kier molecular flexibility index (Phi) is 8.76. The van der Waals surface area contributed by atoms with Gasteiger partial charge in [-0.1, -0.05) is 12.1 Å². The number of allylic oxidation sites excluding steroid dienone is 3. The molecule has 1 fully saturated rings. The monoisotopic (exact) mass is 551 g/mol. The van der Waals surface area contributed by atoms with Crippen molar-refractivity contribution in [3.8, 4) is 0 Å². The second kappa shape index (κ2) is 12.0. The number of alkyl halides is 6. The van der Waals surface area contributed by atoms with Crippen molar-refractivity contribution in [1.29, 1.82) is 0 Å². The van der Waals surface area contributed by atoms with Crippen molar-refractivity contribution < 1.29 is 31.1 Å². The Hall–Kier alpha value is -3.64. The summed E-state index contributed by atoms with van der Waals surface area (Å²) in [5.41, 5.74) is 4.84. The first-order valence-electron chi connectivity index (χ1n) is 12.2. The minimum Gasteiger partial charge on any atom is -0.405 e. The average Bonchev–Trinajstić information content (AvgIpc) is 2.89. The first-order chi connectivity index (χ1) is 18.5. The van der Waals surface area contributed by atoms with Crippen LogP contribution in [0.1, 0.15) is 17.0 Å². The van der Waals surface area contributed by atoms with E-state index in [1.807, 2.05) is 0 Å². The van der Waals surface area contributed by atoms with Crippen molar-refractivity contribution in [2.24, 2.45) is 5.73 Å². The number of rotatable bonds is 8. The second-order valence-electron chi connectivity index (χ2n) is 9.00. The summed E-state index contributed by atoms with van der Waals surface area (Å²) in [5, 5.41) is 3.57. The molecule has 0 amide bonds. The van der Waals surface area contributed by atoms with Gasteiger partial charge < -0.3 is 15.8 Å². The van der Waals surface area contributed by atoms with E-state index in [0.29, 0.717) is 60.0 Å². The molecule has 2 aromatic carbocycles. The molecule has 0 atom stereocenters. The summed E-state index contributed by atoms with van der Waals surface area (Å²) in [6.45, 7) is 3.42. The maximum atomic E-state index is 13.5. The van der Waals surface area contributed by atoms with Crippen molar-refractivity contribution in [3.05, 3.63) is 83.3 Å². The number of halogens is 6. The molecule has 0 unspecified atom stereocenters. The van der Waals surface area contributed by atoms with Crippen LogP contribution in [0.15, 0.2) is 66.4 Å². The minimum absolute atomic E-state index is 0.348. The zero-order valence-corrected chi connectivity index (χ0v) is 20.8. The smallest absolute Gasteiger partial charge is 0.405 e. The molecule has 0 aliphatic carbocycles. The Morgan fingerprint density at radius 3 is 2.36 bits per heavy atom. The van der Waals surface area contributed by atoms with Gasteiger partial charge in [-0.3, -0.25) is 4.90 Å². The number of fused-ring (bicyclic) bond motifs is 1. The zero-order chi connectivity index (χ0) is 28.0. The molecule has 0 bridgehead atoms. The second-order valence-corrected chi connectivity index (χ2v) is 9.00. The maximum Gasteiger partial charge on any atom is 0.416 e. The molecule has 2 heterocycles. The van der Waals surface area contributed by atoms with Gasteiger partial charge >= 0.3 is 12.4 Å². The lowest BCUT2D eigenvalue weighted by molar-refractivity contribution is -0.137. The van der Waals surface area contributed by atoms with Crippen LogP contribution in [0.4, 0.5) is 37.8 Å². The van der Waals surface area contributed by atoms with Gasteiger partial charge in [0.05, 0.1) is 24.3 Å². The summed E-state index contributed by atoms with van der Waals surface area (Å²) in [5.74, 6) is 0.805. The molecule has 12 heteroatoms. The van der Waals surface area contributed by atoms with E-state index >= 15 is 0 Å². The Bertz CT molecular complexity index is 1330. The Morgan fingerprint density at radius 2 is 1.72 bits per heavy atom. The quantitative estimate of drug-likeness (QED) is 0.274. The molecule has 1 aromatic heterocycles. The third-order valence-electron chi connectivity index (χ3n) is 6.21. The Labute approximate surface area is 221 Å². The normalized spacial score (nSPS) is 15.8. The molecule has 3 aromatic rings. The van der Waals surface area contributed by atoms with Crippen LogP contribution in [0.3, 0.4) is 0 Å². The summed E-state index contributed by atoms with van der Waals surface area (Å²) in [4.78, 5) is 11.4. The van der Waals surface area contributed by atoms with E-state index < -0.39 is 29.9 Å². The summed E-state index contributed by atoms with van der Waals surface area (Å²) < 4.78 is 84.9. The summed E-state index contributed by atoms with van der Waals surface area (Å²) in [6.07, 6.45) is -5.85. The lowest BCUT2D eigenvalue weighted by atomic mass is 10.0. The maximum absolute atomic E-state index is 13.5. The highest BCUT2D eigenvalue weighted by molar-refractivity contribution is 5.91. The topological polar surface area (TPSA) is 76.3 Å². The number of ether oxygens (including phenoxy) is 1. The van der Waals surface area contributed by atoms with Gasteiger partial charge in [-0.2, -0.15) is 26.3 Å².